The number of piperidine rings is 1. The Morgan fingerprint density at radius 3 is 2.33 bits per heavy atom. The highest BCUT2D eigenvalue weighted by molar-refractivity contribution is 5.98. The topological polar surface area (TPSA) is 111 Å². The van der Waals surface area contributed by atoms with Gasteiger partial charge in [-0.1, -0.05) is 18.2 Å². The van der Waals surface area contributed by atoms with Gasteiger partial charge < -0.3 is 28.8 Å². The molecule has 10 nitrogen and oxygen atoms in total. The van der Waals surface area contributed by atoms with Crippen molar-refractivity contribution < 1.29 is 33.0 Å². The van der Waals surface area contributed by atoms with E-state index in [2.05, 4.69) is 5.32 Å². The number of carbonyl (C=O) groups is 3. The number of rotatable bonds is 7. The van der Waals surface area contributed by atoms with Crippen molar-refractivity contribution in [2.24, 2.45) is 0 Å². The number of ether oxygens (including phenoxy) is 3. The molecular weight excluding hydrogens is 502 g/mol. The minimum Gasteiger partial charge on any atom is -0.493 e. The molecule has 3 amide bonds. The highest BCUT2D eigenvalue weighted by Gasteiger charge is 2.54. The van der Waals surface area contributed by atoms with Crippen LogP contribution in [0.25, 0.3) is 0 Å². The van der Waals surface area contributed by atoms with Gasteiger partial charge in [0.15, 0.2) is 11.5 Å². The van der Waals surface area contributed by atoms with Crippen molar-refractivity contribution in [3.8, 4) is 11.5 Å². The van der Waals surface area contributed by atoms with Gasteiger partial charge in [-0.25, -0.2) is 0 Å². The largest absolute Gasteiger partial charge is 0.493 e. The molecule has 1 spiro atoms. The summed E-state index contributed by atoms with van der Waals surface area (Å²) in [5.74, 6) is 0.858. The lowest BCUT2D eigenvalue weighted by Gasteiger charge is -2.44. The number of amides is 3. The van der Waals surface area contributed by atoms with Crippen molar-refractivity contribution >= 4 is 17.7 Å². The predicted octanol–water partition coefficient (Wildman–Crippen LogP) is 3.09. The van der Waals surface area contributed by atoms with E-state index in [9.17, 15) is 14.4 Å². The van der Waals surface area contributed by atoms with Crippen molar-refractivity contribution in [3.63, 3.8) is 0 Å². The summed E-state index contributed by atoms with van der Waals surface area (Å²) in [5, 5.41) is 2.86. The highest BCUT2D eigenvalue weighted by atomic mass is 16.5. The molecule has 2 aliphatic heterocycles. The van der Waals surface area contributed by atoms with E-state index in [4.69, 9.17) is 18.6 Å². The first-order chi connectivity index (χ1) is 19.0. The number of hydrogen-bond donors (Lipinski definition) is 1. The third-order valence-electron chi connectivity index (χ3n) is 7.28. The molecule has 0 radical (unpaired) electrons. The Morgan fingerprint density at radius 1 is 0.923 bits per heavy atom. The first-order valence-corrected chi connectivity index (χ1v) is 12.8. The standard InChI is InChI=1S/C29H31N3O7/c1-36-24-11-10-21(17-25(24)37-2)27(34)31-14-12-29(13-15-31)32(28(35)20-7-4-3-5-8-20)23(19-39-29)26(33)30-18-22-9-6-16-38-22/h3-11,16-17,23H,12-15,18-19H2,1-2H3,(H,30,33)/t23-/m0/s1. The number of nitrogens with zero attached hydrogens (tertiary/aromatic N) is 2. The lowest BCUT2D eigenvalue weighted by atomic mass is 9.96. The van der Waals surface area contributed by atoms with E-state index in [1.165, 1.54) is 20.5 Å². The molecule has 2 fully saturated rings. The van der Waals surface area contributed by atoms with Crippen LogP contribution in [0.15, 0.2) is 71.3 Å². The van der Waals surface area contributed by atoms with Crippen LogP contribution >= 0.6 is 0 Å². The second-order valence-electron chi connectivity index (χ2n) is 9.47. The van der Waals surface area contributed by atoms with Crippen LogP contribution in [-0.4, -0.2) is 73.2 Å². The third kappa shape index (κ3) is 5.20. The number of hydrogen-bond acceptors (Lipinski definition) is 7. The Bertz CT molecular complexity index is 1320. The van der Waals surface area contributed by atoms with Crippen LogP contribution < -0.4 is 14.8 Å². The van der Waals surface area contributed by atoms with E-state index >= 15 is 0 Å². The molecule has 1 N–H and O–H groups in total. The van der Waals surface area contributed by atoms with Crippen LogP contribution in [0.3, 0.4) is 0 Å². The summed E-state index contributed by atoms with van der Waals surface area (Å²) < 4.78 is 22.2. The lowest BCUT2D eigenvalue weighted by molar-refractivity contribution is -0.128. The van der Waals surface area contributed by atoms with Gasteiger partial charge in [0.1, 0.15) is 17.5 Å². The van der Waals surface area contributed by atoms with Gasteiger partial charge in [0.05, 0.1) is 33.6 Å². The van der Waals surface area contributed by atoms with E-state index < -0.39 is 11.8 Å². The first-order valence-electron chi connectivity index (χ1n) is 12.8. The van der Waals surface area contributed by atoms with Crippen LogP contribution in [0.4, 0.5) is 0 Å². The molecule has 0 bridgehead atoms. The predicted molar refractivity (Wildman–Crippen MR) is 140 cm³/mol. The SMILES string of the molecule is COc1ccc(C(=O)N2CCC3(CC2)OC[C@@H](C(=O)NCc2ccco2)N3C(=O)c2ccccc2)cc1OC. The van der Waals surface area contributed by atoms with Gasteiger partial charge >= 0.3 is 0 Å². The summed E-state index contributed by atoms with van der Waals surface area (Å²) in [6, 6.07) is 16.6. The molecule has 2 aliphatic rings. The Morgan fingerprint density at radius 2 is 1.67 bits per heavy atom. The van der Waals surface area contributed by atoms with Crippen molar-refractivity contribution in [3.05, 3.63) is 83.8 Å². The average Bonchev–Trinajstić information content (AvgIpc) is 3.64. The zero-order valence-corrected chi connectivity index (χ0v) is 21.9. The van der Waals surface area contributed by atoms with Crippen LogP contribution in [0.2, 0.25) is 0 Å². The van der Waals surface area contributed by atoms with Gasteiger partial charge in [-0.15, -0.1) is 0 Å². The Balaban J connectivity index is 1.34. The van der Waals surface area contributed by atoms with Gasteiger partial charge in [-0.2, -0.15) is 0 Å². The van der Waals surface area contributed by atoms with Crippen molar-refractivity contribution in [2.45, 2.75) is 31.2 Å². The molecule has 0 aliphatic carbocycles. The minimum atomic E-state index is -1.01. The number of benzene rings is 2. The normalized spacial score (nSPS) is 18.2. The van der Waals surface area contributed by atoms with E-state index in [-0.39, 0.29) is 30.9 Å². The molecule has 0 unspecified atom stereocenters. The average molecular weight is 534 g/mol. The smallest absolute Gasteiger partial charge is 0.256 e. The first kappa shape index (κ1) is 26.3. The van der Waals surface area contributed by atoms with Crippen LogP contribution in [0, 0.1) is 0 Å². The molecule has 1 aromatic heterocycles. The lowest BCUT2D eigenvalue weighted by Crippen LogP contribution is -2.59. The quantitative estimate of drug-likeness (QED) is 0.497. The van der Waals surface area contributed by atoms with Gasteiger partial charge in [-0.05, 0) is 42.5 Å². The molecule has 3 heterocycles. The molecule has 1 atom stereocenters. The zero-order valence-electron chi connectivity index (χ0n) is 21.9. The summed E-state index contributed by atoms with van der Waals surface area (Å²) >= 11 is 0. The van der Waals surface area contributed by atoms with Gasteiger partial charge in [0.25, 0.3) is 11.8 Å². The molecule has 10 heteroatoms. The molecule has 3 aromatic rings. The number of carbonyl (C=O) groups excluding carboxylic acids is 3. The fourth-order valence-corrected chi connectivity index (χ4v) is 5.20. The van der Waals surface area contributed by atoms with Crippen LogP contribution in [-0.2, 0) is 16.1 Å². The number of methoxy groups -OCH3 is 2. The van der Waals surface area contributed by atoms with Crippen molar-refractivity contribution in [1.29, 1.82) is 0 Å². The van der Waals surface area contributed by atoms with E-state index in [1.54, 1.807) is 64.4 Å². The monoisotopic (exact) mass is 533 g/mol. The van der Waals surface area contributed by atoms with Gasteiger partial charge in [0.2, 0.25) is 5.91 Å². The number of furan rings is 1. The van der Waals surface area contributed by atoms with Crippen molar-refractivity contribution in [1.82, 2.24) is 15.1 Å². The van der Waals surface area contributed by atoms with Crippen LogP contribution in [0.5, 0.6) is 11.5 Å². The maximum Gasteiger partial charge on any atom is 0.256 e. The summed E-state index contributed by atoms with van der Waals surface area (Å²) in [6.07, 6.45) is 2.27. The molecular formula is C29H31N3O7. The highest BCUT2D eigenvalue weighted by Crippen LogP contribution is 2.39. The molecule has 2 saturated heterocycles. The molecule has 39 heavy (non-hydrogen) atoms. The van der Waals surface area contributed by atoms with Gasteiger partial charge in [-0.3, -0.25) is 19.3 Å². The second-order valence-corrected chi connectivity index (χ2v) is 9.47. The number of nitrogens with one attached hydrogen (secondary N) is 1. The molecule has 0 saturated carbocycles. The summed E-state index contributed by atoms with van der Waals surface area (Å²) in [5.41, 5.74) is -0.0630. The Hall–Kier alpha value is -4.31. The van der Waals surface area contributed by atoms with Gasteiger partial charge in [0, 0.05) is 37.1 Å². The molecule has 204 valence electrons. The Labute approximate surface area is 226 Å². The van der Waals surface area contributed by atoms with Crippen molar-refractivity contribution in [2.75, 3.05) is 33.9 Å². The maximum absolute atomic E-state index is 13.8. The summed E-state index contributed by atoms with van der Waals surface area (Å²) in [7, 11) is 3.06. The Kier molecular flexibility index (Phi) is 7.56. The third-order valence-corrected chi connectivity index (χ3v) is 7.28. The fourth-order valence-electron chi connectivity index (χ4n) is 5.20. The van der Waals surface area contributed by atoms with E-state index in [1.807, 2.05) is 6.07 Å². The minimum absolute atomic E-state index is 0.0617. The second kappa shape index (κ2) is 11.2. The maximum atomic E-state index is 13.8. The molecule has 5 rings (SSSR count). The zero-order chi connectivity index (χ0) is 27.4. The summed E-state index contributed by atoms with van der Waals surface area (Å²) in [6.45, 7) is 0.974. The number of likely N-dealkylation sites (tertiary alicyclic amines) is 1. The van der Waals surface area contributed by atoms with E-state index in [0.717, 1.165) is 0 Å². The molecule has 2 aromatic carbocycles. The van der Waals surface area contributed by atoms with E-state index in [0.29, 0.717) is 54.3 Å². The summed E-state index contributed by atoms with van der Waals surface area (Å²) in [4.78, 5) is 43.7. The van der Waals surface area contributed by atoms with Crippen LogP contribution in [0.1, 0.15) is 39.3 Å². The fraction of sp³-hybridized carbons (Fsp3) is 0.345.